The normalized spacial score (nSPS) is 11.5. The second kappa shape index (κ2) is 5.61. The topological polar surface area (TPSA) is 12.0 Å². The maximum Gasteiger partial charge on any atom is 0.0443 e. The summed E-state index contributed by atoms with van der Waals surface area (Å²) in [4.78, 5) is 0. The molecule has 0 saturated carbocycles. The number of hydrogen-bond donors (Lipinski definition) is 1. The van der Waals surface area contributed by atoms with Crippen molar-refractivity contribution in [2.45, 2.75) is 40.0 Å². The number of rotatable bonds is 2. The molecule has 0 unspecified atom stereocenters. The fraction of sp³-hybridized carbons (Fsp3) is 0.333. The molecule has 2 rings (SSSR count). The van der Waals surface area contributed by atoms with E-state index in [1.54, 1.807) is 0 Å². The largest absolute Gasteiger partial charge is 0.355 e. The van der Waals surface area contributed by atoms with Gasteiger partial charge in [0.15, 0.2) is 0 Å². The van der Waals surface area contributed by atoms with E-state index in [1.165, 1.54) is 22.4 Å². The molecule has 1 N–H and O–H groups in total. The van der Waals surface area contributed by atoms with Crippen molar-refractivity contribution in [1.82, 2.24) is 0 Å². The van der Waals surface area contributed by atoms with Gasteiger partial charge in [0, 0.05) is 15.8 Å². The van der Waals surface area contributed by atoms with Gasteiger partial charge in [0.2, 0.25) is 0 Å². The molecule has 0 fully saturated rings. The van der Waals surface area contributed by atoms with Crippen molar-refractivity contribution in [1.29, 1.82) is 0 Å². The summed E-state index contributed by atoms with van der Waals surface area (Å²) in [5.41, 5.74) is 6.32. The summed E-state index contributed by atoms with van der Waals surface area (Å²) in [6, 6.07) is 12.9. The number of benzene rings is 2. The standard InChI is InChI=1S/C18H22BrN/c1-12-7-6-8-13(2)17(12)20-16-10-14(18(3,4)5)9-15(19)11-16/h6-11,20H,1-5H3. The van der Waals surface area contributed by atoms with E-state index in [2.05, 4.69) is 92.3 Å². The molecule has 0 atom stereocenters. The van der Waals surface area contributed by atoms with Gasteiger partial charge in [-0.3, -0.25) is 0 Å². The first-order chi connectivity index (χ1) is 9.27. The van der Waals surface area contributed by atoms with E-state index in [4.69, 9.17) is 0 Å². The molecule has 0 aromatic heterocycles. The van der Waals surface area contributed by atoms with Crippen molar-refractivity contribution in [3.8, 4) is 0 Å². The first-order valence-electron chi connectivity index (χ1n) is 6.92. The minimum absolute atomic E-state index is 0.140. The van der Waals surface area contributed by atoms with Crippen LogP contribution in [0.25, 0.3) is 0 Å². The van der Waals surface area contributed by atoms with Gasteiger partial charge in [-0.2, -0.15) is 0 Å². The van der Waals surface area contributed by atoms with Gasteiger partial charge in [-0.05, 0) is 54.2 Å². The molecular formula is C18H22BrN. The lowest BCUT2D eigenvalue weighted by Crippen LogP contribution is -2.11. The first-order valence-corrected chi connectivity index (χ1v) is 7.71. The van der Waals surface area contributed by atoms with Crippen LogP contribution in [0.2, 0.25) is 0 Å². The van der Waals surface area contributed by atoms with Gasteiger partial charge in [-0.25, -0.2) is 0 Å². The second-order valence-electron chi connectivity index (χ2n) is 6.37. The Balaban J connectivity index is 2.42. The van der Waals surface area contributed by atoms with E-state index < -0.39 is 0 Å². The number of halogens is 1. The maximum absolute atomic E-state index is 3.62. The van der Waals surface area contributed by atoms with E-state index in [-0.39, 0.29) is 5.41 Å². The summed E-state index contributed by atoms with van der Waals surface area (Å²) in [6.45, 7) is 11.0. The van der Waals surface area contributed by atoms with Crippen LogP contribution >= 0.6 is 15.9 Å². The van der Waals surface area contributed by atoms with Gasteiger partial charge in [0.05, 0.1) is 0 Å². The summed E-state index contributed by atoms with van der Waals surface area (Å²) < 4.78 is 1.11. The molecule has 0 saturated heterocycles. The number of para-hydroxylation sites is 1. The van der Waals surface area contributed by atoms with Crippen molar-refractivity contribution in [3.63, 3.8) is 0 Å². The molecule has 2 aromatic carbocycles. The Hall–Kier alpha value is -1.28. The van der Waals surface area contributed by atoms with E-state index in [0.717, 1.165) is 10.2 Å². The summed E-state index contributed by atoms with van der Waals surface area (Å²) in [5.74, 6) is 0. The van der Waals surface area contributed by atoms with Crippen LogP contribution in [0.3, 0.4) is 0 Å². The zero-order valence-corrected chi connectivity index (χ0v) is 14.4. The van der Waals surface area contributed by atoms with E-state index >= 15 is 0 Å². The minimum Gasteiger partial charge on any atom is -0.355 e. The van der Waals surface area contributed by atoms with Crippen LogP contribution in [0, 0.1) is 13.8 Å². The van der Waals surface area contributed by atoms with Gasteiger partial charge < -0.3 is 5.32 Å². The van der Waals surface area contributed by atoms with Gasteiger partial charge in [0.25, 0.3) is 0 Å². The van der Waals surface area contributed by atoms with Crippen molar-refractivity contribution in [2.24, 2.45) is 0 Å². The second-order valence-corrected chi connectivity index (χ2v) is 7.29. The third-order valence-corrected chi connectivity index (χ3v) is 3.97. The number of hydrogen-bond acceptors (Lipinski definition) is 1. The zero-order chi connectivity index (χ0) is 14.9. The molecule has 0 heterocycles. The highest BCUT2D eigenvalue weighted by atomic mass is 79.9. The lowest BCUT2D eigenvalue weighted by atomic mass is 9.87. The van der Waals surface area contributed by atoms with Gasteiger partial charge in [0.1, 0.15) is 0 Å². The van der Waals surface area contributed by atoms with Crippen LogP contribution in [-0.2, 0) is 5.41 Å². The fourth-order valence-corrected chi connectivity index (χ4v) is 2.74. The van der Waals surface area contributed by atoms with Crippen molar-refractivity contribution >= 4 is 27.3 Å². The SMILES string of the molecule is Cc1cccc(C)c1Nc1cc(Br)cc(C(C)(C)C)c1. The van der Waals surface area contributed by atoms with Crippen LogP contribution < -0.4 is 5.32 Å². The average molecular weight is 332 g/mol. The Labute approximate surface area is 130 Å². The first kappa shape index (κ1) is 15.1. The Bertz CT molecular complexity index is 604. The fourth-order valence-electron chi connectivity index (χ4n) is 2.25. The molecule has 0 aliphatic heterocycles. The van der Waals surface area contributed by atoms with Crippen molar-refractivity contribution in [3.05, 3.63) is 57.6 Å². The van der Waals surface area contributed by atoms with Crippen molar-refractivity contribution in [2.75, 3.05) is 5.32 Å². The smallest absolute Gasteiger partial charge is 0.0443 e. The molecule has 0 aliphatic rings. The highest BCUT2D eigenvalue weighted by Gasteiger charge is 2.15. The Morgan fingerprint density at radius 2 is 1.55 bits per heavy atom. The molecule has 1 nitrogen and oxygen atoms in total. The Kier molecular flexibility index (Phi) is 4.24. The number of aryl methyl sites for hydroxylation is 2. The molecule has 2 aromatic rings. The third kappa shape index (κ3) is 3.43. The number of anilines is 2. The Morgan fingerprint density at radius 1 is 0.950 bits per heavy atom. The molecular weight excluding hydrogens is 310 g/mol. The summed E-state index contributed by atoms with van der Waals surface area (Å²) >= 11 is 3.62. The maximum atomic E-state index is 3.62. The summed E-state index contributed by atoms with van der Waals surface area (Å²) in [5, 5.41) is 3.56. The quantitative estimate of drug-likeness (QED) is 0.700. The van der Waals surface area contributed by atoms with Crippen molar-refractivity contribution < 1.29 is 0 Å². The lowest BCUT2D eigenvalue weighted by molar-refractivity contribution is 0.590. The van der Waals surface area contributed by atoms with Crippen LogP contribution in [0.4, 0.5) is 11.4 Å². The zero-order valence-electron chi connectivity index (χ0n) is 12.8. The minimum atomic E-state index is 0.140. The predicted octanol–water partition coefficient (Wildman–Crippen LogP) is 6.11. The molecule has 0 radical (unpaired) electrons. The summed E-state index contributed by atoms with van der Waals surface area (Å²) in [6.07, 6.45) is 0. The van der Waals surface area contributed by atoms with Gasteiger partial charge >= 0.3 is 0 Å². The highest BCUT2D eigenvalue weighted by Crippen LogP contribution is 2.31. The van der Waals surface area contributed by atoms with Gasteiger partial charge in [-0.1, -0.05) is 54.9 Å². The van der Waals surface area contributed by atoms with E-state index in [1.807, 2.05) is 0 Å². The summed E-state index contributed by atoms with van der Waals surface area (Å²) in [7, 11) is 0. The Morgan fingerprint density at radius 3 is 2.10 bits per heavy atom. The van der Waals surface area contributed by atoms with Crippen LogP contribution in [-0.4, -0.2) is 0 Å². The predicted molar refractivity (Wildman–Crippen MR) is 92.0 cm³/mol. The molecule has 0 aliphatic carbocycles. The van der Waals surface area contributed by atoms with E-state index in [9.17, 15) is 0 Å². The molecule has 20 heavy (non-hydrogen) atoms. The molecule has 0 spiro atoms. The van der Waals surface area contributed by atoms with Gasteiger partial charge in [-0.15, -0.1) is 0 Å². The average Bonchev–Trinajstić information content (AvgIpc) is 2.32. The molecule has 0 bridgehead atoms. The molecule has 2 heteroatoms. The molecule has 106 valence electrons. The number of nitrogens with one attached hydrogen (secondary N) is 1. The third-order valence-electron chi connectivity index (χ3n) is 3.51. The highest BCUT2D eigenvalue weighted by molar-refractivity contribution is 9.10. The van der Waals surface area contributed by atoms with Crippen LogP contribution in [0.15, 0.2) is 40.9 Å². The van der Waals surface area contributed by atoms with E-state index in [0.29, 0.717) is 0 Å². The monoisotopic (exact) mass is 331 g/mol. The lowest BCUT2D eigenvalue weighted by Gasteiger charge is -2.21. The molecule has 0 amide bonds. The van der Waals surface area contributed by atoms with Crippen LogP contribution in [0.5, 0.6) is 0 Å². The van der Waals surface area contributed by atoms with Crippen LogP contribution in [0.1, 0.15) is 37.5 Å².